The summed E-state index contributed by atoms with van der Waals surface area (Å²) in [6.45, 7) is 8.44. The van der Waals surface area contributed by atoms with Gasteiger partial charge >= 0.3 is 6.09 Å². The van der Waals surface area contributed by atoms with Gasteiger partial charge in [-0.05, 0) is 51.5 Å². The molecule has 8 heteroatoms. The van der Waals surface area contributed by atoms with Gasteiger partial charge in [-0.25, -0.2) is 9.79 Å². The van der Waals surface area contributed by atoms with E-state index in [0.717, 1.165) is 11.3 Å². The Kier molecular flexibility index (Phi) is 5.99. The predicted molar refractivity (Wildman–Crippen MR) is 126 cm³/mol. The van der Waals surface area contributed by atoms with E-state index in [0.29, 0.717) is 29.6 Å². The van der Waals surface area contributed by atoms with Gasteiger partial charge in [-0.1, -0.05) is 36.0 Å². The number of nitrogens with zero attached hydrogens (tertiary/aromatic N) is 3. The van der Waals surface area contributed by atoms with Crippen LogP contribution in [0.25, 0.3) is 0 Å². The Morgan fingerprint density at radius 1 is 1.19 bits per heavy atom. The number of pyridine rings is 1. The number of hydrogen-bond donors (Lipinski definition) is 1. The summed E-state index contributed by atoms with van der Waals surface area (Å²) in [6.07, 6.45) is 1.46. The summed E-state index contributed by atoms with van der Waals surface area (Å²) in [4.78, 5) is 36.9. The fourth-order valence-corrected chi connectivity index (χ4v) is 5.10. The molecule has 0 spiro atoms. The molecule has 7 nitrogen and oxygen atoms in total. The van der Waals surface area contributed by atoms with Crippen molar-refractivity contribution < 1.29 is 14.3 Å². The van der Waals surface area contributed by atoms with Crippen molar-refractivity contribution in [3.63, 3.8) is 0 Å². The molecule has 1 saturated heterocycles. The van der Waals surface area contributed by atoms with Gasteiger partial charge < -0.3 is 15.0 Å². The molecule has 2 atom stereocenters. The Morgan fingerprint density at radius 3 is 2.59 bits per heavy atom. The van der Waals surface area contributed by atoms with E-state index in [4.69, 9.17) is 9.73 Å². The van der Waals surface area contributed by atoms with Gasteiger partial charge in [0.15, 0.2) is 5.17 Å². The first-order valence-corrected chi connectivity index (χ1v) is 11.6. The number of carbonyl (C=O) groups excluding carboxylic acids is 2. The van der Waals surface area contributed by atoms with Crippen LogP contribution in [-0.2, 0) is 10.3 Å². The van der Waals surface area contributed by atoms with Gasteiger partial charge in [-0.2, -0.15) is 0 Å². The number of carbonyl (C=O) groups is 2. The van der Waals surface area contributed by atoms with Crippen molar-refractivity contribution >= 4 is 28.9 Å². The smallest absolute Gasteiger partial charge is 0.410 e. The highest BCUT2D eigenvalue weighted by atomic mass is 32.2. The van der Waals surface area contributed by atoms with E-state index in [1.165, 1.54) is 11.8 Å². The van der Waals surface area contributed by atoms with Crippen LogP contribution in [0.3, 0.4) is 0 Å². The summed E-state index contributed by atoms with van der Waals surface area (Å²) in [6, 6.07) is 13.0. The average Bonchev–Trinajstić information content (AvgIpc) is 3.14. The molecule has 168 valence electrons. The zero-order chi connectivity index (χ0) is 22.9. The predicted octanol–water partition coefficient (Wildman–Crippen LogP) is 3.99. The molecule has 0 saturated carbocycles. The van der Waals surface area contributed by atoms with Crippen molar-refractivity contribution in [1.29, 1.82) is 0 Å². The molecular weight excluding hydrogens is 424 g/mol. The molecule has 2 aliphatic heterocycles. The largest absolute Gasteiger partial charge is 0.444 e. The SMILES string of the molecule is Cc1ccc(C23CN(C(=O)OC(C)(C)C)CC2CSC(NC(=O)c2ccccc2)=N3)nc1. The van der Waals surface area contributed by atoms with Crippen LogP contribution in [-0.4, -0.2) is 51.5 Å². The van der Waals surface area contributed by atoms with Gasteiger partial charge in [0, 0.05) is 30.0 Å². The van der Waals surface area contributed by atoms with Crippen LogP contribution in [0, 0.1) is 12.8 Å². The molecule has 1 aromatic carbocycles. The van der Waals surface area contributed by atoms with Crippen molar-refractivity contribution in [2.45, 2.75) is 38.8 Å². The molecule has 4 rings (SSSR count). The number of aromatic nitrogens is 1. The third-order valence-corrected chi connectivity index (χ3v) is 6.57. The van der Waals surface area contributed by atoms with Crippen LogP contribution in [0.15, 0.2) is 53.7 Å². The van der Waals surface area contributed by atoms with Crippen LogP contribution in [0.4, 0.5) is 4.79 Å². The van der Waals surface area contributed by atoms with Gasteiger partial charge in [-0.3, -0.25) is 9.78 Å². The van der Waals surface area contributed by atoms with Gasteiger partial charge in [0.1, 0.15) is 11.1 Å². The topological polar surface area (TPSA) is 83.9 Å². The molecule has 2 amide bonds. The fraction of sp³-hybridized carbons (Fsp3) is 0.417. The Bertz CT molecular complexity index is 1030. The average molecular weight is 453 g/mol. The molecule has 1 N–H and O–H groups in total. The van der Waals surface area contributed by atoms with Crippen molar-refractivity contribution in [3.8, 4) is 0 Å². The van der Waals surface area contributed by atoms with Crippen LogP contribution < -0.4 is 5.32 Å². The summed E-state index contributed by atoms with van der Waals surface area (Å²) in [7, 11) is 0. The highest BCUT2D eigenvalue weighted by Crippen LogP contribution is 2.45. The Hall–Kier alpha value is -2.87. The second-order valence-electron chi connectivity index (χ2n) is 9.25. The van der Waals surface area contributed by atoms with Crippen molar-refractivity contribution in [1.82, 2.24) is 15.2 Å². The molecule has 0 bridgehead atoms. The van der Waals surface area contributed by atoms with Crippen LogP contribution in [0.2, 0.25) is 0 Å². The maximum atomic E-state index is 12.8. The van der Waals surface area contributed by atoms with Gasteiger partial charge in [0.2, 0.25) is 0 Å². The van der Waals surface area contributed by atoms with Crippen LogP contribution in [0.5, 0.6) is 0 Å². The first-order chi connectivity index (χ1) is 15.2. The second-order valence-corrected chi connectivity index (χ2v) is 10.3. The number of likely N-dealkylation sites (tertiary alicyclic amines) is 1. The molecule has 2 unspecified atom stereocenters. The maximum Gasteiger partial charge on any atom is 0.410 e. The lowest BCUT2D eigenvalue weighted by molar-refractivity contribution is 0.0282. The molecular formula is C24H28N4O3S. The zero-order valence-corrected chi connectivity index (χ0v) is 19.6. The van der Waals surface area contributed by atoms with Crippen molar-refractivity contribution in [3.05, 3.63) is 65.5 Å². The minimum atomic E-state index is -0.727. The van der Waals surface area contributed by atoms with Gasteiger partial charge in [-0.15, -0.1) is 0 Å². The highest BCUT2D eigenvalue weighted by molar-refractivity contribution is 8.13. The van der Waals surface area contributed by atoms with E-state index in [1.54, 1.807) is 17.0 Å². The maximum absolute atomic E-state index is 12.8. The first-order valence-electron chi connectivity index (χ1n) is 10.7. The summed E-state index contributed by atoms with van der Waals surface area (Å²) < 4.78 is 5.62. The number of ether oxygens (including phenoxy) is 1. The van der Waals surface area contributed by atoms with Crippen molar-refractivity contribution in [2.75, 3.05) is 18.8 Å². The molecule has 2 aliphatic rings. The van der Waals surface area contributed by atoms with E-state index < -0.39 is 11.1 Å². The number of hydrogen-bond acceptors (Lipinski definition) is 6. The van der Waals surface area contributed by atoms with Crippen molar-refractivity contribution in [2.24, 2.45) is 10.9 Å². The standard InChI is InChI=1S/C24H28N4O3S/c1-16-10-11-19(25-12-16)24-15-28(22(30)31-23(2,3)4)13-18(24)14-32-21(27-24)26-20(29)17-8-6-5-7-9-17/h5-12,18H,13-15H2,1-4H3,(H,26,27,29). The van der Waals surface area contributed by atoms with E-state index in [2.05, 4.69) is 10.3 Å². The number of nitrogens with one attached hydrogen (secondary N) is 1. The normalized spacial score (nSPS) is 22.7. The summed E-state index contributed by atoms with van der Waals surface area (Å²) in [5.41, 5.74) is 1.12. The summed E-state index contributed by atoms with van der Waals surface area (Å²) in [5, 5.41) is 3.49. The Morgan fingerprint density at radius 2 is 1.94 bits per heavy atom. The first kappa shape index (κ1) is 22.3. The number of thioether (sulfide) groups is 1. The van der Waals surface area contributed by atoms with Crippen LogP contribution in [0.1, 0.15) is 42.4 Å². The number of amides is 2. The number of benzene rings is 1. The fourth-order valence-electron chi connectivity index (χ4n) is 3.97. The minimum Gasteiger partial charge on any atom is -0.444 e. The number of aliphatic imine (C=N–C) groups is 1. The van der Waals surface area contributed by atoms with E-state index in [1.807, 2.05) is 64.2 Å². The monoisotopic (exact) mass is 452 g/mol. The minimum absolute atomic E-state index is 0.0626. The lowest BCUT2D eigenvalue weighted by Crippen LogP contribution is -2.43. The van der Waals surface area contributed by atoms with Crippen LogP contribution >= 0.6 is 11.8 Å². The Labute approximate surface area is 192 Å². The number of aryl methyl sites for hydroxylation is 1. The Balaban J connectivity index is 1.66. The lowest BCUT2D eigenvalue weighted by atomic mass is 9.85. The molecule has 32 heavy (non-hydrogen) atoms. The van der Waals surface area contributed by atoms with E-state index in [-0.39, 0.29) is 17.9 Å². The number of rotatable bonds is 2. The molecule has 0 radical (unpaired) electrons. The molecule has 3 heterocycles. The van der Waals surface area contributed by atoms with Gasteiger partial charge in [0.25, 0.3) is 5.91 Å². The van der Waals surface area contributed by atoms with Gasteiger partial charge in [0.05, 0.1) is 12.2 Å². The highest BCUT2D eigenvalue weighted by Gasteiger charge is 2.53. The molecule has 1 fully saturated rings. The molecule has 2 aromatic rings. The second kappa shape index (κ2) is 8.58. The third kappa shape index (κ3) is 4.65. The summed E-state index contributed by atoms with van der Waals surface area (Å²) in [5.74, 6) is 0.569. The quantitative estimate of drug-likeness (QED) is 0.745. The molecule has 0 aliphatic carbocycles. The summed E-state index contributed by atoms with van der Waals surface area (Å²) >= 11 is 1.50. The van der Waals surface area contributed by atoms with E-state index >= 15 is 0 Å². The number of fused-ring (bicyclic) bond motifs is 1. The zero-order valence-electron chi connectivity index (χ0n) is 18.8. The van der Waals surface area contributed by atoms with E-state index in [9.17, 15) is 9.59 Å². The molecule has 1 aromatic heterocycles. The lowest BCUT2D eigenvalue weighted by Gasteiger charge is -2.34. The number of amidine groups is 1. The third-order valence-electron chi connectivity index (χ3n) is 5.53.